The molecule has 8 heteroatoms. The lowest BCUT2D eigenvalue weighted by Crippen LogP contribution is -2.46. The Morgan fingerprint density at radius 3 is 2.59 bits per heavy atom. The van der Waals surface area contributed by atoms with Crippen LogP contribution >= 0.6 is 0 Å². The van der Waals surface area contributed by atoms with Crippen molar-refractivity contribution in [2.24, 2.45) is 10.9 Å². The molecule has 0 radical (unpaired) electrons. The molecule has 8 nitrogen and oxygen atoms in total. The third kappa shape index (κ3) is 7.05. The second-order valence-electron chi connectivity index (χ2n) is 7.44. The SMILES string of the molecule is CN=C(NCc1cccc(C(=O)NCCN(C)C)c1)N1CCC(C(=O)OC)CC1. The van der Waals surface area contributed by atoms with Crippen LogP contribution in [0.25, 0.3) is 0 Å². The third-order valence-corrected chi connectivity index (χ3v) is 5.03. The minimum absolute atomic E-state index is 0.0305. The monoisotopic (exact) mass is 403 g/mol. The number of amides is 1. The van der Waals surface area contributed by atoms with E-state index in [-0.39, 0.29) is 17.8 Å². The molecule has 0 saturated carbocycles. The van der Waals surface area contributed by atoms with Gasteiger partial charge in [0.25, 0.3) is 5.91 Å². The van der Waals surface area contributed by atoms with Gasteiger partial charge < -0.3 is 25.2 Å². The van der Waals surface area contributed by atoms with Gasteiger partial charge in [0, 0.05) is 45.3 Å². The molecule has 1 heterocycles. The van der Waals surface area contributed by atoms with E-state index >= 15 is 0 Å². The lowest BCUT2D eigenvalue weighted by molar-refractivity contribution is -0.146. The van der Waals surface area contributed by atoms with Gasteiger partial charge in [0.05, 0.1) is 13.0 Å². The molecule has 0 atom stereocenters. The number of guanidine groups is 1. The van der Waals surface area contributed by atoms with Crippen molar-refractivity contribution in [3.63, 3.8) is 0 Å². The molecule has 29 heavy (non-hydrogen) atoms. The number of carbonyl (C=O) groups excluding carboxylic acids is 2. The predicted octanol–water partition coefficient (Wildman–Crippen LogP) is 0.938. The molecule has 2 N–H and O–H groups in total. The molecular weight excluding hydrogens is 370 g/mol. The Morgan fingerprint density at radius 2 is 1.97 bits per heavy atom. The number of rotatable bonds is 7. The summed E-state index contributed by atoms with van der Waals surface area (Å²) < 4.78 is 4.85. The second-order valence-corrected chi connectivity index (χ2v) is 7.44. The number of nitrogens with one attached hydrogen (secondary N) is 2. The second kappa shape index (κ2) is 11.4. The maximum Gasteiger partial charge on any atom is 0.308 e. The number of carbonyl (C=O) groups is 2. The van der Waals surface area contributed by atoms with Crippen LogP contribution in [0.4, 0.5) is 0 Å². The van der Waals surface area contributed by atoms with Crippen LogP contribution in [-0.2, 0) is 16.1 Å². The average Bonchev–Trinajstić information content (AvgIpc) is 2.74. The minimum Gasteiger partial charge on any atom is -0.469 e. The summed E-state index contributed by atoms with van der Waals surface area (Å²) in [5.41, 5.74) is 1.66. The number of benzene rings is 1. The number of piperidine rings is 1. The number of aliphatic imine (C=N–C) groups is 1. The number of esters is 1. The first-order valence-electron chi connectivity index (χ1n) is 10.00. The van der Waals surface area contributed by atoms with Gasteiger partial charge in [0.15, 0.2) is 5.96 Å². The Bertz CT molecular complexity index is 712. The molecule has 0 bridgehead atoms. The van der Waals surface area contributed by atoms with Crippen LogP contribution < -0.4 is 10.6 Å². The van der Waals surface area contributed by atoms with Crippen molar-refractivity contribution in [2.45, 2.75) is 19.4 Å². The molecule has 0 aromatic heterocycles. The third-order valence-electron chi connectivity index (χ3n) is 5.03. The van der Waals surface area contributed by atoms with Crippen LogP contribution in [-0.4, -0.2) is 82.1 Å². The summed E-state index contributed by atoms with van der Waals surface area (Å²) in [5.74, 6) is 0.572. The molecule has 0 unspecified atom stereocenters. The van der Waals surface area contributed by atoms with Gasteiger partial charge in [0.1, 0.15) is 0 Å². The lowest BCUT2D eigenvalue weighted by atomic mass is 9.97. The molecule has 160 valence electrons. The van der Waals surface area contributed by atoms with Gasteiger partial charge in [-0.05, 0) is 44.6 Å². The van der Waals surface area contributed by atoms with Crippen molar-refractivity contribution in [3.8, 4) is 0 Å². The van der Waals surface area contributed by atoms with Gasteiger partial charge in [-0.2, -0.15) is 0 Å². The maximum absolute atomic E-state index is 12.3. The first kappa shape index (κ1) is 22.7. The van der Waals surface area contributed by atoms with Crippen molar-refractivity contribution < 1.29 is 14.3 Å². The van der Waals surface area contributed by atoms with E-state index in [2.05, 4.69) is 20.5 Å². The van der Waals surface area contributed by atoms with Crippen LogP contribution in [0.15, 0.2) is 29.3 Å². The molecule has 0 spiro atoms. The van der Waals surface area contributed by atoms with Crippen molar-refractivity contribution >= 4 is 17.8 Å². The summed E-state index contributed by atoms with van der Waals surface area (Å²) in [6.07, 6.45) is 1.52. The van der Waals surface area contributed by atoms with Gasteiger partial charge in [-0.3, -0.25) is 14.6 Å². The molecule has 1 aliphatic rings. The van der Waals surface area contributed by atoms with E-state index in [0.717, 1.165) is 44.0 Å². The fourth-order valence-corrected chi connectivity index (χ4v) is 3.32. The van der Waals surface area contributed by atoms with Crippen LogP contribution in [0.3, 0.4) is 0 Å². The first-order valence-corrected chi connectivity index (χ1v) is 10.00. The molecule has 1 saturated heterocycles. The van der Waals surface area contributed by atoms with Gasteiger partial charge >= 0.3 is 5.97 Å². The van der Waals surface area contributed by atoms with E-state index in [0.29, 0.717) is 18.7 Å². The molecule has 1 aromatic carbocycles. The van der Waals surface area contributed by atoms with Crippen LogP contribution in [0.2, 0.25) is 0 Å². The number of likely N-dealkylation sites (N-methyl/N-ethyl adjacent to an activating group) is 1. The molecule has 0 aliphatic carbocycles. The largest absolute Gasteiger partial charge is 0.469 e. The Labute approximate surface area is 173 Å². The summed E-state index contributed by atoms with van der Waals surface area (Å²) in [6, 6.07) is 7.60. The van der Waals surface area contributed by atoms with E-state index in [9.17, 15) is 9.59 Å². The molecule has 1 aliphatic heterocycles. The topological polar surface area (TPSA) is 86.3 Å². The van der Waals surface area contributed by atoms with Crippen LogP contribution in [0, 0.1) is 5.92 Å². The van der Waals surface area contributed by atoms with E-state index < -0.39 is 0 Å². The van der Waals surface area contributed by atoms with Crippen LogP contribution in [0.1, 0.15) is 28.8 Å². The normalized spacial score (nSPS) is 15.3. The zero-order valence-corrected chi connectivity index (χ0v) is 17.9. The van der Waals surface area contributed by atoms with E-state index in [4.69, 9.17) is 4.74 Å². The number of hydrogen-bond donors (Lipinski definition) is 2. The number of hydrogen-bond acceptors (Lipinski definition) is 5. The Hall–Kier alpha value is -2.61. The first-order chi connectivity index (χ1) is 13.9. The quantitative estimate of drug-likeness (QED) is 0.400. The van der Waals surface area contributed by atoms with Crippen molar-refractivity contribution in [3.05, 3.63) is 35.4 Å². The molecule has 1 aromatic rings. The number of methoxy groups -OCH3 is 1. The smallest absolute Gasteiger partial charge is 0.308 e. The zero-order valence-electron chi connectivity index (χ0n) is 17.9. The zero-order chi connectivity index (χ0) is 21.2. The summed E-state index contributed by atoms with van der Waals surface area (Å²) in [5, 5.41) is 6.29. The molecule has 1 amide bonds. The molecule has 1 fully saturated rings. The fourth-order valence-electron chi connectivity index (χ4n) is 3.32. The van der Waals surface area contributed by atoms with Gasteiger partial charge in [-0.15, -0.1) is 0 Å². The van der Waals surface area contributed by atoms with E-state index in [1.165, 1.54) is 7.11 Å². The highest BCUT2D eigenvalue weighted by Crippen LogP contribution is 2.18. The van der Waals surface area contributed by atoms with Gasteiger partial charge in [-0.1, -0.05) is 12.1 Å². The van der Waals surface area contributed by atoms with Gasteiger partial charge in [-0.25, -0.2) is 0 Å². The summed E-state index contributed by atoms with van der Waals surface area (Å²) >= 11 is 0. The Balaban J connectivity index is 1.87. The van der Waals surface area contributed by atoms with E-state index in [1.807, 2.05) is 43.3 Å². The van der Waals surface area contributed by atoms with Gasteiger partial charge in [0.2, 0.25) is 0 Å². The van der Waals surface area contributed by atoms with Crippen molar-refractivity contribution in [1.82, 2.24) is 20.4 Å². The fraction of sp³-hybridized carbons (Fsp3) is 0.571. The molecule has 2 rings (SSSR count). The summed E-state index contributed by atoms with van der Waals surface area (Å²) in [6.45, 7) is 3.50. The average molecular weight is 404 g/mol. The highest BCUT2D eigenvalue weighted by Gasteiger charge is 2.26. The van der Waals surface area contributed by atoms with E-state index in [1.54, 1.807) is 7.05 Å². The standard InChI is InChI=1S/C21H33N5O3/c1-22-21(26-11-8-17(9-12-26)20(28)29-4)24-15-16-6-5-7-18(14-16)19(27)23-10-13-25(2)3/h5-7,14,17H,8-13,15H2,1-4H3,(H,22,24)(H,23,27). The van der Waals surface area contributed by atoms with Crippen LogP contribution in [0.5, 0.6) is 0 Å². The highest BCUT2D eigenvalue weighted by atomic mass is 16.5. The Morgan fingerprint density at radius 1 is 1.24 bits per heavy atom. The predicted molar refractivity (Wildman–Crippen MR) is 114 cm³/mol. The maximum atomic E-state index is 12.3. The molecular formula is C21H33N5O3. The summed E-state index contributed by atoms with van der Waals surface area (Å²) in [7, 11) is 7.14. The highest BCUT2D eigenvalue weighted by molar-refractivity contribution is 5.94. The Kier molecular flexibility index (Phi) is 8.92. The number of likely N-dealkylation sites (tertiary alicyclic amines) is 1. The van der Waals surface area contributed by atoms with Crippen molar-refractivity contribution in [1.29, 1.82) is 0 Å². The summed E-state index contributed by atoms with van der Waals surface area (Å²) in [4.78, 5) is 32.5. The number of ether oxygens (including phenoxy) is 1. The number of nitrogens with zero attached hydrogens (tertiary/aromatic N) is 3. The minimum atomic E-state index is -0.131. The lowest BCUT2D eigenvalue weighted by Gasteiger charge is -2.33. The van der Waals surface area contributed by atoms with Crippen molar-refractivity contribution in [2.75, 3.05) is 54.4 Å².